The molecule has 3 nitrogen and oxygen atoms in total. The van der Waals surface area contributed by atoms with E-state index in [-0.39, 0.29) is 17.8 Å². The molecule has 0 saturated carbocycles. The first-order chi connectivity index (χ1) is 15.3. The molecular weight excluding hydrogens is 481 g/mol. The first-order valence-corrected chi connectivity index (χ1v) is 11.0. The third kappa shape index (κ3) is 5.46. The predicted molar refractivity (Wildman–Crippen MR) is 123 cm³/mol. The largest absolute Gasteiger partial charge is 0.573 e. The number of anilines is 1. The van der Waals surface area contributed by atoms with Gasteiger partial charge in [-0.25, -0.2) is 0 Å². The molecule has 0 bridgehead atoms. The molecule has 0 unspecified atom stereocenters. The lowest BCUT2D eigenvalue weighted by Gasteiger charge is -2.26. The van der Waals surface area contributed by atoms with Gasteiger partial charge in [-0.1, -0.05) is 58.4 Å². The number of ether oxygens (including phenoxy) is 1. The summed E-state index contributed by atoms with van der Waals surface area (Å²) in [6, 6.07) is 24.1. The summed E-state index contributed by atoms with van der Waals surface area (Å²) in [4.78, 5) is 2.08. The molecule has 0 radical (unpaired) electrons. The summed E-state index contributed by atoms with van der Waals surface area (Å²) in [6.45, 7) is 2.09. The Morgan fingerprint density at radius 2 is 1.72 bits per heavy atom. The van der Waals surface area contributed by atoms with E-state index in [0.29, 0.717) is 6.42 Å². The van der Waals surface area contributed by atoms with Crippen LogP contribution in [0.15, 0.2) is 95.2 Å². The highest BCUT2D eigenvalue weighted by atomic mass is 79.9. The van der Waals surface area contributed by atoms with Gasteiger partial charge in [-0.2, -0.15) is 0 Å². The van der Waals surface area contributed by atoms with Gasteiger partial charge < -0.3 is 15.0 Å². The van der Waals surface area contributed by atoms with Crippen LogP contribution in [0.25, 0.3) is 0 Å². The van der Waals surface area contributed by atoms with Gasteiger partial charge in [0.1, 0.15) is 5.75 Å². The standard InChI is InChI=1S/C25H22BrF3N2O/c1-17(18-6-3-2-4-7-18)30-21-15-24(31(16-21)22-12-10-20(26)11-13-22)19-8-5-9-23(14-19)32-25(27,28)29/h2-14,16-17,24,30H,15H2,1H3/t17-,24+/m1/s1. The molecule has 1 aliphatic heterocycles. The Morgan fingerprint density at radius 1 is 1.00 bits per heavy atom. The summed E-state index contributed by atoms with van der Waals surface area (Å²) >= 11 is 3.45. The van der Waals surface area contributed by atoms with Crippen molar-refractivity contribution >= 4 is 21.6 Å². The van der Waals surface area contributed by atoms with Gasteiger partial charge in [-0.15, -0.1) is 13.2 Å². The van der Waals surface area contributed by atoms with Crippen LogP contribution in [0.1, 0.15) is 36.6 Å². The van der Waals surface area contributed by atoms with Crippen molar-refractivity contribution in [3.05, 3.63) is 106 Å². The van der Waals surface area contributed by atoms with Crippen molar-refractivity contribution < 1.29 is 17.9 Å². The van der Waals surface area contributed by atoms with E-state index < -0.39 is 6.36 Å². The van der Waals surface area contributed by atoms with Gasteiger partial charge in [-0.05, 0) is 54.4 Å². The maximum absolute atomic E-state index is 12.7. The molecule has 1 N–H and O–H groups in total. The van der Waals surface area contributed by atoms with Crippen molar-refractivity contribution in [2.75, 3.05) is 4.90 Å². The highest BCUT2D eigenvalue weighted by Gasteiger charge is 2.32. The van der Waals surface area contributed by atoms with E-state index in [0.717, 1.165) is 27.0 Å². The van der Waals surface area contributed by atoms with Crippen LogP contribution in [0.4, 0.5) is 18.9 Å². The van der Waals surface area contributed by atoms with Crippen LogP contribution in [0.2, 0.25) is 0 Å². The lowest BCUT2D eigenvalue weighted by molar-refractivity contribution is -0.274. The summed E-state index contributed by atoms with van der Waals surface area (Å²) < 4.78 is 43.3. The molecule has 3 aromatic carbocycles. The molecule has 0 fully saturated rings. The van der Waals surface area contributed by atoms with Crippen molar-refractivity contribution in [1.82, 2.24) is 5.32 Å². The van der Waals surface area contributed by atoms with E-state index in [9.17, 15) is 13.2 Å². The van der Waals surface area contributed by atoms with Crippen LogP contribution >= 0.6 is 15.9 Å². The smallest absolute Gasteiger partial charge is 0.406 e. The monoisotopic (exact) mass is 502 g/mol. The van der Waals surface area contributed by atoms with Crippen LogP contribution in [-0.2, 0) is 0 Å². The molecule has 32 heavy (non-hydrogen) atoms. The normalized spacial score (nSPS) is 17.1. The SMILES string of the molecule is C[C@@H](NC1=CN(c2ccc(Br)cc2)[C@H](c2cccc(OC(F)(F)F)c2)C1)c1ccccc1. The Bertz CT molecular complexity index is 1080. The number of alkyl halides is 3. The van der Waals surface area contributed by atoms with Crippen LogP contribution in [0.5, 0.6) is 5.75 Å². The van der Waals surface area contributed by atoms with Crippen LogP contribution < -0.4 is 15.0 Å². The van der Waals surface area contributed by atoms with Gasteiger partial charge >= 0.3 is 6.36 Å². The molecule has 0 amide bonds. The van der Waals surface area contributed by atoms with Crippen LogP contribution in [-0.4, -0.2) is 6.36 Å². The van der Waals surface area contributed by atoms with E-state index in [1.165, 1.54) is 12.1 Å². The number of halogens is 4. The Balaban J connectivity index is 1.62. The van der Waals surface area contributed by atoms with E-state index >= 15 is 0 Å². The highest BCUT2D eigenvalue weighted by molar-refractivity contribution is 9.10. The minimum atomic E-state index is -4.73. The molecule has 4 rings (SSSR count). The number of hydrogen-bond donors (Lipinski definition) is 1. The molecule has 0 aliphatic carbocycles. The minimum absolute atomic E-state index is 0.0906. The summed E-state index contributed by atoms with van der Waals surface area (Å²) in [7, 11) is 0. The second-order valence-electron chi connectivity index (χ2n) is 7.65. The third-order valence-corrected chi connectivity index (χ3v) is 5.88. The summed E-state index contributed by atoms with van der Waals surface area (Å²) in [6.07, 6.45) is -2.07. The number of nitrogens with one attached hydrogen (secondary N) is 1. The minimum Gasteiger partial charge on any atom is -0.406 e. The summed E-state index contributed by atoms with van der Waals surface area (Å²) in [5.41, 5.74) is 3.86. The molecular formula is C25H22BrF3N2O. The topological polar surface area (TPSA) is 24.5 Å². The van der Waals surface area contributed by atoms with Gasteiger partial charge in [0.15, 0.2) is 0 Å². The van der Waals surface area contributed by atoms with Gasteiger partial charge in [0.05, 0.1) is 6.04 Å². The van der Waals surface area contributed by atoms with Crippen molar-refractivity contribution in [1.29, 1.82) is 0 Å². The van der Waals surface area contributed by atoms with E-state index in [4.69, 9.17) is 0 Å². The van der Waals surface area contributed by atoms with Gasteiger partial charge in [0, 0.05) is 34.5 Å². The average Bonchev–Trinajstić information content (AvgIpc) is 3.17. The number of hydrogen-bond acceptors (Lipinski definition) is 3. The zero-order valence-electron chi connectivity index (χ0n) is 17.3. The van der Waals surface area contributed by atoms with E-state index in [2.05, 4.69) is 49.9 Å². The first-order valence-electron chi connectivity index (χ1n) is 10.2. The molecule has 2 atom stereocenters. The predicted octanol–water partition coefficient (Wildman–Crippen LogP) is 7.49. The third-order valence-electron chi connectivity index (χ3n) is 5.35. The molecule has 7 heteroatoms. The van der Waals surface area contributed by atoms with E-state index in [1.54, 1.807) is 6.07 Å². The lowest BCUT2D eigenvalue weighted by Crippen LogP contribution is -2.20. The second-order valence-corrected chi connectivity index (χ2v) is 8.57. The fourth-order valence-corrected chi connectivity index (χ4v) is 4.15. The Morgan fingerprint density at radius 3 is 2.41 bits per heavy atom. The molecule has 0 saturated heterocycles. The number of rotatable bonds is 6. The second kappa shape index (κ2) is 9.28. The lowest BCUT2D eigenvalue weighted by atomic mass is 10.0. The number of nitrogens with zero attached hydrogens (tertiary/aromatic N) is 1. The van der Waals surface area contributed by atoms with Crippen molar-refractivity contribution in [3.8, 4) is 5.75 Å². The average molecular weight is 503 g/mol. The molecule has 166 valence electrons. The zero-order valence-corrected chi connectivity index (χ0v) is 18.9. The van der Waals surface area contributed by atoms with Gasteiger partial charge in [-0.3, -0.25) is 0 Å². The maximum atomic E-state index is 12.7. The fraction of sp³-hybridized carbons (Fsp3) is 0.200. The highest BCUT2D eigenvalue weighted by Crippen LogP contribution is 2.39. The first kappa shape index (κ1) is 22.3. The molecule has 0 spiro atoms. The Kier molecular flexibility index (Phi) is 6.46. The van der Waals surface area contributed by atoms with Gasteiger partial charge in [0.25, 0.3) is 0 Å². The quantitative estimate of drug-likeness (QED) is 0.377. The van der Waals surface area contributed by atoms with Crippen LogP contribution in [0.3, 0.4) is 0 Å². The van der Waals surface area contributed by atoms with Gasteiger partial charge in [0.2, 0.25) is 0 Å². The van der Waals surface area contributed by atoms with E-state index in [1.807, 2.05) is 54.7 Å². The van der Waals surface area contributed by atoms with Crippen molar-refractivity contribution in [2.45, 2.75) is 31.8 Å². The molecule has 3 aromatic rings. The maximum Gasteiger partial charge on any atom is 0.573 e. The Hall–Kier alpha value is -2.93. The van der Waals surface area contributed by atoms with Crippen LogP contribution in [0, 0.1) is 0 Å². The molecule has 1 aliphatic rings. The molecule has 1 heterocycles. The summed E-state index contributed by atoms with van der Waals surface area (Å²) in [5.74, 6) is -0.218. The molecule has 0 aromatic heterocycles. The Labute approximate surface area is 193 Å². The zero-order chi connectivity index (χ0) is 22.7. The van der Waals surface area contributed by atoms with Crippen molar-refractivity contribution in [2.24, 2.45) is 0 Å². The fourth-order valence-electron chi connectivity index (χ4n) is 3.88. The summed E-state index contributed by atoms with van der Waals surface area (Å²) in [5, 5.41) is 3.56. The van der Waals surface area contributed by atoms with Crippen molar-refractivity contribution in [3.63, 3.8) is 0 Å². The number of benzene rings is 3.